The van der Waals surface area contributed by atoms with Crippen molar-refractivity contribution in [3.05, 3.63) is 59.2 Å². The summed E-state index contributed by atoms with van der Waals surface area (Å²) < 4.78 is 16.8. The van der Waals surface area contributed by atoms with Crippen LogP contribution in [0.1, 0.15) is 56.1 Å². The Bertz CT molecular complexity index is 918. The van der Waals surface area contributed by atoms with E-state index in [1.54, 1.807) is 51.1 Å². The molecule has 0 saturated heterocycles. The molecule has 0 atom stereocenters. The van der Waals surface area contributed by atoms with Gasteiger partial charge in [0.25, 0.3) is 0 Å². The number of benzene rings is 2. The zero-order valence-electron chi connectivity index (χ0n) is 18.6. The highest BCUT2D eigenvalue weighted by atomic mass is 16.5. The van der Waals surface area contributed by atoms with Crippen LogP contribution < -0.4 is 14.2 Å². The molecule has 160 valence electrons. The third-order valence-corrected chi connectivity index (χ3v) is 4.30. The summed E-state index contributed by atoms with van der Waals surface area (Å²) in [6, 6.07) is 10.3. The van der Waals surface area contributed by atoms with Crippen molar-refractivity contribution in [3.8, 4) is 17.2 Å². The lowest BCUT2D eigenvalue weighted by molar-refractivity contribution is -0.142. The van der Waals surface area contributed by atoms with Gasteiger partial charge < -0.3 is 14.2 Å². The molecule has 0 saturated carbocycles. The van der Waals surface area contributed by atoms with Gasteiger partial charge in [0, 0.05) is 5.56 Å². The SMILES string of the molecule is CCOc1ccc(C)c(OCC)c1/C=C/C(=O)c1ccc(OC(=O)C(C)(C)C)cc1. The normalized spacial score (nSPS) is 11.4. The van der Waals surface area contributed by atoms with Crippen molar-refractivity contribution in [1.29, 1.82) is 0 Å². The predicted molar refractivity (Wildman–Crippen MR) is 118 cm³/mol. The van der Waals surface area contributed by atoms with E-state index in [1.165, 1.54) is 6.08 Å². The molecular formula is C25H30O5. The second-order valence-electron chi connectivity index (χ2n) is 7.85. The van der Waals surface area contributed by atoms with Crippen LogP contribution in [0, 0.1) is 12.3 Å². The van der Waals surface area contributed by atoms with Gasteiger partial charge in [0.1, 0.15) is 17.2 Å². The van der Waals surface area contributed by atoms with Crippen molar-refractivity contribution in [2.45, 2.75) is 41.5 Å². The number of rotatable bonds is 8. The van der Waals surface area contributed by atoms with Crippen LogP contribution in [-0.2, 0) is 4.79 Å². The summed E-state index contributed by atoms with van der Waals surface area (Å²) in [5.74, 6) is 1.28. The Morgan fingerprint density at radius 1 is 0.933 bits per heavy atom. The summed E-state index contributed by atoms with van der Waals surface area (Å²) in [4.78, 5) is 24.6. The number of allylic oxidation sites excluding steroid dienone is 1. The zero-order valence-corrected chi connectivity index (χ0v) is 18.6. The van der Waals surface area contributed by atoms with Crippen molar-refractivity contribution in [2.24, 2.45) is 5.41 Å². The Morgan fingerprint density at radius 3 is 2.13 bits per heavy atom. The lowest BCUT2D eigenvalue weighted by atomic mass is 9.97. The average molecular weight is 411 g/mol. The number of carbonyl (C=O) groups is 2. The van der Waals surface area contributed by atoms with Gasteiger partial charge in [-0.25, -0.2) is 0 Å². The first-order valence-electron chi connectivity index (χ1n) is 10.1. The predicted octanol–water partition coefficient (Wildman–Crippen LogP) is 5.64. The van der Waals surface area contributed by atoms with E-state index in [-0.39, 0.29) is 11.8 Å². The number of esters is 1. The van der Waals surface area contributed by atoms with E-state index in [4.69, 9.17) is 14.2 Å². The fourth-order valence-electron chi connectivity index (χ4n) is 2.67. The molecule has 0 bridgehead atoms. The molecule has 0 aromatic heterocycles. The summed E-state index contributed by atoms with van der Waals surface area (Å²) >= 11 is 0. The smallest absolute Gasteiger partial charge is 0.316 e. The second kappa shape index (κ2) is 10.1. The Kier molecular flexibility index (Phi) is 7.81. The van der Waals surface area contributed by atoms with Gasteiger partial charge in [-0.2, -0.15) is 0 Å². The van der Waals surface area contributed by atoms with Crippen LogP contribution in [0.15, 0.2) is 42.5 Å². The molecule has 0 aliphatic carbocycles. The third-order valence-electron chi connectivity index (χ3n) is 4.30. The molecular weight excluding hydrogens is 380 g/mol. The number of ether oxygens (including phenoxy) is 3. The number of aryl methyl sites for hydroxylation is 1. The number of hydrogen-bond donors (Lipinski definition) is 0. The van der Waals surface area contributed by atoms with Gasteiger partial charge in [-0.3, -0.25) is 9.59 Å². The minimum absolute atomic E-state index is 0.171. The number of ketones is 1. The first-order chi connectivity index (χ1) is 14.2. The number of carbonyl (C=O) groups excluding carboxylic acids is 2. The molecule has 2 rings (SSSR count). The standard InChI is InChI=1S/C25H30O5/c1-7-28-22-16-9-17(3)23(29-8-2)20(22)14-15-21(26)18-10-12-19(13-11-18)30-24(27)25(4,5)6/h9-16H,7-8H2,1-6H3/b15-14+. The molecule has 5 nitrogen and oxygen atoms in total. The van der Waals surface area contributed by atoms with E-state index in [9.17, 15) is 9.59 Å². The van der Waals surface area contributed by atoms with Gasteiger partial charge in [0.05, 0.1) is 24.2 Å². The van der Waals surface area contributed by atoms with E-state index in [1.807, 2.05) is 32.9 Å². The third kappa shape index (κ3) is 5.96. The average Bonchev–Trinajstić information content (AvgIpc) is 2.69. The summed E-state index contributed by atoms with van der Waals surface area (Å²) in [6.07, 6.45) is 3.22. The topological polar surface area (TPSA) is 61.8 Å². The maximum atomic E-state index is 12.7. The van der Waals surface area contributed by atoms with E-state index < -0.39 is 5.41 Å². The van der Waals surface area contributed by atoms with Crippen LogP contribution in [0.2, 0.25) is 0 Å². The molecule has 0 aliphatic heterocycles. The lowest BCUT2D eigenvalue weighted by Crippen LogP contribution is -2.25. The molecule has 0 aliphatic rings. The van der Waals surface area contributed by atoms with Crippen LogP contribution in [0.4, 0.5) is 0 Å². The Hall–Kier alpha value is -3.08. The van der Waals surface area contributed by atoms with E-state index in [2.05, 4.69) is 0 Å². The minimum atomic E-state index is -0.596. The van der Waals surface area contributed by atoms with Crippen molar-refractivity contribution < 1.29 is 23.8 Å². The number of hydrogen-bond acceptors (Lipinski definition) is 5. The van der Waals surface area contributed by atoms with Gasteiger partial charge in [-0.05, 0) is 89.6 Å². The molecule has 0 spiro atoms. The zero-order chi connectivity index (χ0) is 22.3. The maximum absolute atomic E-state index is 12.7. The summed E-state index contributed by atoms with van der Waals surface area (Å²) in [5.41, 5.74) is 1.60. The van der Waals surface area contributed by atoms with Crippen molar-refractivity contribution >= 4 is 17.8 Å². The fraction of sp³-hybridized carbons (Fsp3) is 0.360. The van der Waals surface area contributed by atoms with Gasteiger partial charge >= 0.3 is 5.97 Å². The van der Waals surface area contributed by atoms with E-state index >= 15 is 0 Å². The van der Waals surface area contributed by atoms with Crippen LogP contribution in [0.3, 0.4) is 0 Å². The van der Waals surface area contributed by atoms with E-state index in [0.29, 0.717) is 36.0 Å². The highest BCUT2D eigenvalue weighted by Crippen LogP contribution is 2.33. The highest BCUT2D eigenvalue weighted by Gasteiger charge is 2.23. The Labute approximate surface area is 178 Å². The van der Waals surface area contributed by atoms with Gasteiger partial charge in [-0.15, -0.1) is 0 Å². The first-order valence-corrected chi connectivity index (χ1v) is 10.1. The highest BCUT2D eigenvalue weighted by molar-refractivity contribution is 6.07. The molecule has 0 N–H and O–H groups in total. The monoisotopic (exact) mass is 410 g/mol. The van der Waals surface area contributed by atoms with Crippen molar-refractivity contribution in [1.82, 2.24) is 0 Å². The fourth-order valence-corrected chi connectivity index (χ4v) is 2.67. The molecule has 0 radical (unpaired) electrons. The van der Waals surface area contributed by atoms with E-state index in [0.717, 1.165) is 11.1 Å². The van der Waals surface area contributed by atoms with Gasteiger partial charge in [0.15, 0.2) is 5.78 Å². The first kappa shape index (κ1) is 23.2. The van der Waals surface area contributed by atoms with Crippen LogP contribution in [0.5, 0.6) is 17.2 Å². The van der Waals surface area contributed by atoms with Crippen LogP contribution >= 0.6 is 0 Å². The molecule has 30 heavy (non-hydrogen) atoms. The largest absolute Gasteiger partial charge is 0.493 e. The summed E-state index contributed by atoms with van der Waals surface area (Å²) in [6.45, 7) is 12.2. The van der Waals surface area contributed by atoms with Crippen molar-refractivity contribution in [2.75, 3.05) is 13.2 Å². The quantitative estimate of drug-likeness (QED) is 0.244. The van der Waals surface area contributed by atoms with Crippen molar-refractivity contribution in [3.63, 3.8) is 0 Å². The summed E-state index contributed by atoms with van der Waals surface area (Å²) in [5, 5.41) is 0. The molecule has 2 aromatic rings. The van der Waals surface area contributed by atoms with Gasteiger partial charge in [0.2, 0.25) is 0 Å². The van der Waals surface area contributed by atoms with Crippen LogP contribution in [-0.4, -0.2) is 25.0 Å². The minimum Gasteiger partial charge on any atom is -0.493 e. The molecule has 5 heteroatoms. The second-order valence-corrected chi connectivity index (χ2v) is 7.85. The molecule has 0 heterocycles. The molecule has 2 aromatic carbocycles. The van der Waals surface area contributed by atoms with Gasteiger partial charge in [-0.1, -0.05) is 6.07 Å². The molecule has 0 unspecified atom stereocenters. The summed E-state index contributed by atoms with van der Waals surface area (Å²) in [7, 11) is 0. The van der Waals surface area contributed by atoms with Crippen LogP contribution in [0.25, 0.3) is 6.08 Å². The Morgan fingerprint density at radius 2 is 1.57 bits per heavy atom. The molecule has 0 amide bonds. The maximum Gasteiger partial charge on any atom is 0.316 e. The lowest BCUT2D eigenvalue weighted by Gasteiger charge is -2.16. The molecule has 0 fully saturated rings. The Balaban J connectivity index is 2.23.